The summed E-state index contributed by atoms with van der Waals surface area (Å²) in [4.78, 5) is 42.3. The number of fused-ring (bicyclic) bond motifs is 1. The Bertz CT molecular complexity index is 1550. The van der Waals surface area contributed by atoms with Crippen LogP contribution in [0.1, 0.15) is 48.0 Å². The van der Waals surface area contributed by atoms with Crippen molar-refractivity contribution in [3.8, 4) is 0 Å². The van der Waals surface area contributed by atoms with E-state index in [1.165, 1.54) is 12.3 Å². The van der Waals surface area contributed by atoms with Gasteiger partial charge in [0, 0.05) is 42.6 Å². The summed E-state index contributed by atoms with van der Waals surface area (Å²) in [6.07, 6.45) is 4.49. The second-order valence-corrected chi connectivity index (χ2v) is 13.7. The molecule has 0 spiro atoms. The molecule has 9 nitrogen and oxygen atoms in total. The first-order chi connectivity index (χ1) is 21.8. The third kappa shape index (κ3) is 7.32. The number of para-hydroxylation sites is 1. The Balaban J connectivity index is 1.12. The molecular formula is C33H37ClFN3O6S. The molecule has 45 heavy (non-hydrogen) atoms. The Kier molecular flexibility index (Phi) is 9.99. The van der Waals surface area contributed by atoms with E-state index in [0.717, 1.165) is 37.1 Å². The first-order valence-corrected chi connectivity index (χ1v) is 17.0. The summed E-state index contributed by atoms with van der Waals surface area (Å²) in [6.45, 7) is 2.85. The van der Waals surface area contributed by atoms with E-state index in [4.69, 9.17) is 20.8 Å². The van der Waals surface area contributed by atoms with Crippen molar-refractivity contribution in [2.75, 3.05) is 43.1 Å². The van der Waals surface area contributed by atoms with Crippen molar-refractivity contribution in [3.63, 3.8) is 0 Å². The van der Waals surface area contributed by atoms with E-state index in [-0.39, 0.29) is 52.7 Å². The van der Waals surface area contributed by atoms with Gasteiger partial charge < -0.3 is 24.5 Å². The molecule has 0 radical (unpaired) electrons. The van der Waals surface area contributed by atoms with Crippen molar-refractivity contribution in [2.24, 2.45) is 5.92 Å². The van der Waals surface area contributed by atoms with Crippen molar-refractivity contribution in [1.29, 1.82) is 0 Å². The molecule has 12 heteroatoms. The fourth-order valence-corrected chi connectivity index (χ4v) is 7.88. The van der Waals surface area contributed by atoms with Gasteiger partial charge in [-0.25, -0.2) is 4.39 Å². The maximum Gasteiger partial charge on any atom is 0.306 e. The standard InChI is InChI=1S/C33H37ClFN3O6S/c34-27-13-21(28(35)16-29(27)36-32(40)26-19-44-30-4-2-1-3-25(26)30)14-31(39)38-17-22(37-9-11-45-12-10-37)15-23(38)18-43-24-7-5-20(6-8-24)33(41)42/h1-4,13,16,19-20,22-24H,5-12,14-15,17-18H2,(H,36,40)(H,41,42)/t20?,22-,23-,24?/m0/s1. The van der Waals surface area contributed by atoms with Crippen LogP contribution in [0.25, 0.3) is 11.0 Å². The molecule has 1 saturated carbocycles. The number of ether oxygens (including phenoxy) is 1. The van der Waals surface area contributed by atoms with Crippen LogP contribution in [0.2, 0.25) is 5.02 Å². The first kappa shape index (κ1) is 31.8. The van der Waals surface area contributed by atoms with Crippen LogP contribution in [0.5, 0.6) is 0 Å². The number of likely N-dealkylation sites (tertiary alicyclic amines) is 1. The van der Waals surface area contributed by atoms with E-state index in [1.807, 2.05) is 16.7 Å². The Hall–Kier alpha value is -3.12. The highest BCUT2D eigenvalue weighted by molar-refractivity contribution is 7.99. The second kappa shape index (κ2) is 14.1. The monoisotopic (exact) mass is 657 g/mol. The molecule has 2 N–H and O–H groups in total. The van der Waals surface area contributed by atoms with E-state index in [0.29, 0.717) is 55.4 Å². The number of rotatable bonds is 9. The molecule has 2 aromatic carbocycles. The number of carboxylic acid groups (broad SMARTS) is 1. The Morgan fingerprint density at radius 3 is 2.62 bits per heavy atom. The van der Waals surface area contributed by atoms with Gasteiger partial charge in [-0.2, -0.15) is 11.8 Å². The number of anilines is 1. The highest BCUT2D eigenvalue weighted by atomic mass is 35.5. The molecule has 2 aliphatic heterocycles. The largest absolute Gasteiger partial charge is 0.481 e. The zero-order chi connectivity index (χ0) is 31.5. The number of thioether (sulfide) groups is 1. The van der Waals surface area contributed by atoms with Gasteiger partial charge in [0.15, 0.2) is 0 Å². The molecule has 3 aromatic rings. The third-order valence-electron chi connectivity index (χ3n) is 9.27. The highest BCUT2D eigenvalue weighted by Crippen LogP contribution is 2.32. The van der Waals surface area contributed by atoms with Crippen molar-refractivity contribution in [2.45, 2.75) is 56.7 Å². The van der Waals surface area contributed by atoms with E-state index < -0.39 is 17.7 Å². The third-order valence-corrected chi connectivity index (χ3v) is 10.5. The second-order valence-electron chi connectivity index (χ2n) is 12.1. The summed E-state index contributed by atoms with van der Waals surface area (Å²) in [7, 11) is 0. The summed E-state index contributed by atoms with van der Waals surface area (Å²) in [5.74, 6) is -0.274. The smallest absolute Gasteiger partial charge is 0.306 e. The molecule has 2 saturated heterocycles. The Labute approximate surface area is 270 Å². The van der Waals surface area contributed by atoms with Crippen molar-refractivity contribution in [1.82, 2.24) is 9.80 Å². The van der Waals surface area contributed by atoms with Crippen molar-refractivity contribution in [3.05, 3.63) is 64.6 Å². The molecule has 2 amide bonds. The number of hydrogen-bond acceptors (Lipinski definition) is 7. The van der Waals surface area contributed by atoms with Gasteiger partial charge >= 0.3 is 5.97 Å². The zero-order valence-electron chi connectivity index (χ0n) is 24.9. The van der Waals surface area contributed by atoms with Gasteiger partial charge in [0.05, 0.1) is 47.4 Å². The molecule has 2 atom stereocenters. The minimum atomic E-state index is -0.752. The average molecular weight is 658 g/mol. The van der Waals surface area contributed by atoms with Crippen LogP contribution in [-0.2, 0) is 20.7 Å². The molecule has 3 heterocycles. The predicted molar refractivity (Wildman–Crippen MR) is 171 cm³/mol. The summed E-state index contributed by atoms with van der Waals surface area (Å²) in [5, 5.41) is 12.7. The van der Waals surface area contributed by atoms with Crippen LogP contribution in [0.3, 0.4) is 0 Å². The minimum absolute atomic E-state index is 0.0259. The number of hydrogen-bond donors (Lipinski definition) is 2. The van der Waals surface area contributed by atoms with Crippen LogP contribution in [0.4, 0.5) is 10.1 Å². The quantitative estimate of drug-likeness (QED) is 0.302. The number of carbonyl (C=O) groups is 3. The normalized spacial score (nSPS) is 24.2. The number of furan rings is 1. The number of aliphatic carboxylic acids is 1. The fourth-order valence-electron chi connectivity index (χ4n) is 6.71. The molecular weight excluding hydrogens is 621 g/mol. The van der Waals surface area contributed by atoms with E-state index >= 15 is 4.39 Å². The van der Waals surface area contributed by atoms with Gasteiger partial charge in [-0.15, -0.1) is 0 Å². The Morgan fingerprint density at radius 2 is 1.87 bits per heavy atom. The van der Waals surface area contributed by atoms with Crippen LogP contribution in [0, 0.1) is 11.7 Å². The zero-order valence-corrected chi connectivity index (χ0v) is 26.5. The average Bonchev–Trinajstić information content (AvgIpc) is 3.68. The molecule has 240 valence electrons. The Morgan fingerprint density at radius 1 is 1.11 bits per heavy atom. The maximum atomic E-state index is 15.4. The SMILES string of the molecule is O=C(Nc1cc(F)c(CC(=O)N2C[C@@H](N3CCSCC3)C[C@H]2COC2CCC(C(=O)O)CC2)cc1Cl)c1coc2ccccc12. The van der Waals surface area contributed by atoms with E-state index in [2.05, 4.69) is 10.2 Å². The number of carboxylic acids is 1. The van der Waals surface area contributed by atoms with Crippen molar-refractivity contribution >= 4 is 57.8 Å². The van der Waals surface area contributed by atoms with Gasteiger partial charge in [0.2, 0.25) is 5.91 Å². The molecule has 6 rings (SSSR count). The maximum absolute atomic E-state index is 15.4. The molecule has 0 unspecified atom stereocenters. The molecule has 3 fully saturated rings. The number of benzene rings is 2. The predicted octanol–water partition coefficient (Wildman–Crippen LogP) is 5.70. The topological polar surface area (TPSA) is 112 Å². The van der Waals surface area contributed by atoms with Crippen LogP contribution < -0.4 is 5.32 Å². The van der Waals surface area contributed by atoms with Crippen LogP contribution in [0.15, 0.2) is 47.1 Å². The number of carbonyl (C=O) groups excluding carboxylic acids is 2. The summed E-state index contributed by atoms with van der Waals surface area (Å²) >= 11 is 8.42. The fraction of sp³-hybridized carbons (Fsp3) is 0.485. The van der Waals surface area contributed by atoms with Gasteiger partial charge in [-0.1, -0.05) is 29.8 Å². The van der Waals surface area contributed by atoms with Gasteiger partial charge in [-0.3, -0.25) is 19.3 Å². The molecule has 1 aliphatic carbocycles. The number of halogens is 2. The lowest BCUT2D eigenvalue weighted by atomic mass is 9.87. The van der Waals surface area contributed by atoms with E-state index in [1.54, 1.807) is 24.3 Å². The number of nitrogens with zero attached hydrogens (tertiary/aromatic N) is 2. The van der Waals surface area contributed by atoms with Gasteiger partial charge in [0.1, 0.15) is 17.7 Å². The van der Waals surface area contributed by atoms with Crippen LogP contribution >= 0.6 is 23.4 Å². The molecule has 3 aliphatic rings. The van der Waals surface area contributed by atoms with Crippen molar-refractivity contribution < 1.29 is 33.0 Å². The number of nitrogens with one attached hydrogen (secondary N) is 1. The molecule has 0 bridgehead atoms. The van der Waals surface area contributed by atoms with E-state index in [9.17, 15) is 19.5 Å². The highest BCUT2D eigenvalue weighted by Gasteiger charge is 2.39. The lowest BCUT2D eigenvalue weighted by Gasteiger charge is -2.31. The lowest BCUT2D eigenvalue weighted by molar-refractivity contribution is -0.144. The van der Waals surface area contributed by atoms with Gasteiger partial charge in [0.25, 0.3) is 5.91 Å². The van der Waals surface area contributed by atoms with Crippen LogP contribution in [-0.4, -0.2) is 88.6 Å². The molecule has 1 aromatic heterocycles. The summed E-state index contributed by atoms with van der Waals surface area (Å²) in [5.41, 5.74) is 1.13. The van der Waals surface area contributed by atoms with Gasteiger partial charge in [-0.05, 0) is 55.9 Å². The minimum Gasteiger partial charge on any atom is -0.481 e. The summed E-state index contributed by atoms with van der Waals surface area (Å²) in [6, 6.07) is 9.72. The summed E-state index contributed by atoms with van der Waals surface area (Å²) < 4.78 is 27.1. The lowest BCUT2D eigenvalue weighted by Crippen LogP contribution is -2.44. The first-order valence-electron chi connectivity index (χ1n) is 15.5. The number of amides is 2.